The summed E-state index contributed by atoms with van der Waals surface area (Å²) in [6.07, 6.45) is 0.793. The van der Waals surface area contributed by atoms with Gasteiger partial charge in [0.2, 0.25) is 11.8 Å². The van der Waals surface area contributed by atoms with Crippen LogP contribution in [0.1, 0.15) is 28.3 Å². The zero-order valence-corrected chi connectivity index (χ0v) is 27.3. The van der Waals surface area contributed by atoms with Gasteiger partial charge in [0.1, 0.15) is 5.75 Å². The molecule has 1 aromatic heterocycles. The van der Waals surface area contributed by atoms with Crippen molar-refractivity contribution in [1.29, 1.82) is 0 Å². The lowest BCUT2D eigenvalue weighted by Gasteiger charge is -2.43. The average Bonchev–Trinajstić information content (AvgIpc) is 3.76. The Morgan fingerprint density at radius 3 is 2.53 bits per heavy atom. The predicted octanol–water partition coefficient (Wildman–Crippen LogP) is 6.20. The molecule has 8 nitrogen and oxygen atoms in total. The number of benzene rings is 3. The van der Waals surface area contributed by atoms with Gasteiger partial charge in [-0.25, -0.2) is 0 Å². The molecular formula is C34H28BrN3O5S2. The lowest BCUT2D eigenvalue weighted by molar-refractivity contribution is -0.123. The summed E-state index contributed by atoms with van der Waals surface area (Å²) in [4.78, 5) is 58.7. The quantitative estimate of drug-likeness (QED) is 0.232. The number of halogens is 1. The third-order valence-corrected chi connectivity index (χ3v) is 12.8. The number of fused-ring (bicyclic) bond motifs is 9. The van der Waals surface area contributed by atoms with Gasteiger partial charge >= 0.3 is 4.87 Å². The third kappa shape index (κ3) is 4.70. The molecule has 2 bridgehead atoms. The number of anilines is 2. The molecule has 2 aliphatic heterocycles. The van der Waals surface area contributed by atoms with Gasteiger partial charge in [-0.05, 0) is 79.1 Å². The Labute approximate surface area is 275 Å². The topological polar surface area (TPSA) is 109 Å². The van der Waals surface area contributed by atoms with Gasteiger partial charge in [-0.3, -0.25) is 24.1 Å². The normalized spacial score (nSPS) is 27.7. The fourth-order valence-corrected chi connectivity index (χ4v) is 11.3. The van der Waals surface area contributed by atoms with Crippen LogP contribution in [0.3, 0.4) is 0 Å². The summed E-state index contributed by atoms with van der Waals surface area (Å²) in [5, 5.41) is 3.78. The van der Waals surface area contributed by atoms with Crippen molar-refractivity contribution in [1.82, 2.24) is 4.98 Å². The van der Waals surface area contributed by atoms with E-state index in [-0.39, 0.29) is 64.0 Å². The first-order chi connectivity index (χ1) is 21.8. The summed E-state index contributed by atoms with van der Waals surface area (Å²) >= 11 is 6.29. The molecule has 11 heteroatoms. The van der Waals surface area contributed by atoms with E-state index in [1.165, 1.54) is 16.2 Å². The Balaban J connectivity index is 1.12. The molecular weight excluding hydrogens is 674 g/mol. The second-order valence-electron chi connectivity index (χ2n) is 12.2. The van der Waals surface area contributed by atoms with Crippen LogP contribution >= 0.6 is 39.0 Å². The number of carbonyl (C=O) groups excluding carboxylic acids is 3. The second-order valence-corrected chi connectivity index (χ2v) is 15.3. The van der Waals surface area contributed by atoms with Gasteiger partial charge in [-0.15, -0.1) is 11.8 Å². The first-order valence-corrected chi connectivity index (χ1v) is 17.4. The summed E-state index contributed by atoms with van der Waals surface area (Å²) in [7, 11) is 0. The van der Waals surface area contributed by atoms with Crippen molar-refractivity contribution in [2.24, 2.45) is 29.6 Å². The van der Waals surface area contributed by atoms with E-state index in [0.29, 0.717) is 17.1 Å². The summed E-state index contributed by atoms with van der Waals surface area (Å²) in [6.45, 7) is 1.79. The van der Waals surface area contributed by atoms with Crippen molar-refractivity contribution in [3.05, 3.63) is 103 Å². The zero-order chi connectivity index (χ0) is 31.0. The summed E-state index contributed by atoms with van der Waals surface area (Å²) in [6, 6.07) is 22.6. The van der Waals surface area contributed by atoms with Gasteiger partial charge in [-0.1, -0.05) is 57.6 Å². The van der Waals surface area contributed by atoms with Crippen molar-refractivity contribution >= 4 is 68.1 Å². The van der Waals surface area contributed by atoms with Gasteiger partial charge in [0, 0.05) is 31.8 Å². The number of para-hydroxylation sites is 1. The molecule has 3 amide bonds. The number of aromatic nitrogens is 1. The molecule has 0 radical (unpaired) electrons. The van der Waals surface area contributed by atoms with Gasteiger partial charge in [0.15, 0.2) is 6.61 Å². The number of carbonyl (C=O) groups is 3. The van der Waals surface area contributed by atoms with Crippen molar-refractivity contribution in [2.45, 2.75) is 29.5 Å². The maximum atomic E-state index is 14.0. The minimum absolute atomic E-state index is 0.0131. The van der Waals surface area contributed by atoms with Crippen LogP contribution in [0.15, 0.2) is 87.1 Å². The van der Waals surface area contributed by atoms with E-state index in [2.05, 4.69) is 26.2 Å². The van der Waals surface area contributed by atoms with Crippen molar-refractivity contribution < 1.29 is 19.1 Å². The highest BCUT2D eigenvalue weighted by atomic mass is 79.9. The van der Waals surface area contributed by atoms with Crippen LogP contribution in [0.25, 0.3) is 0 Å². The largest absolute Gasteiger partial charge is 0.483 e. The summed E-state index contributed by atoms with van der Waals surface area (Å²) in [5.74, 6) is -0.934. The molecule has 45 heavy (non-hydrogen) atoms. The Hall–Kier alpha value is -3.67. The monoisotopic (exact) mass is 701 g/mol. The summed E-state index contributed by atoms with van der Waals surface area (Å²) < 4.78 is 7.06. The number of thioether (sulfide) groups is 1. The van der Waals surface area contributed by atoms with Crippen LogP contribution in [0.5, 0.6) is 5.75 Å². The van der Waals surface area contributed by atoms with Gasteiger partial charge in [-0.2, -0.15) is 0 Å². The highest BCUT2D eigenvalue weighted by molar-refractivity contribution is 9.10. The summed E-state index contributed by atoms with van der Waals surface area (Å²) in [5.41, 5.74) is 3.23. The second kappa shape index (κ2) is 11.0. The molecule has 1 saturated heterocycles. The number of hydrogen-bond acceptors (Lipinski definition) is 7. The number of aryl methyl sites for hydroxylation is 1. The fraction of sp³-hybridized carbons (Fsp3) is 0.294. The molecule has 0 spiro atoms. The number of thiazole rings is 1. The number of imide groups is 1. The lowest BCUT2D eigenvalue weighted by atomic mass is 9.68. The van der Waals surface area contributed by atoms with Gasteiger partial charge in [0.25, 0.3) is 5.91 Å². The smallest absolute Gasteiger partial charge is 0.305 e. The van der Waals surface area contributed by atoms with Crippen molar-refractivity contribution in [3.8, 4) is 5.75 Å². The number of nitrogens with one attached hydrogen (secondary N) is 2. The number of amides is 3. The number of aromatic amines is 1. The lowest BCUT2D eigenvalue weighted by Crippen LogP contribution is -2.42. The number of ether oxygens (including phenoxy) is 1. The molecule has 3 aromatic carbocycles. The zero-order valence-electron chi connectivity index (χ0n) is 24.1. The Morgan fingerprint density at radius 2 is 1.76 bits per heavy atom. The third-order valence-electron chi connectivity index (χ3n) is 9.72. The van der Waals surface area contributed by atoms with E-state index in [1.54, 1.807) is 23.9 Å². The van der Waals surface area contributed by atoms with Crippen LogP contribution in [0, 0.1) is 36.5 Å². The number of H-pyrrole nitrogens is 1. The van der Waals surface area contributed by atoms with Crippen LogP contribution in [-0.2, 0) is 14.4 Å². The molecule has 7 atom stereocenters. The average molecular weight is 703 g/mol. The van der Waals surface area contributed by atoms with E-state index in [1.807, 2.05) is 67.6 Å². The van der Waals surface area contributed by atoms with Crippen LogP contribution in [0.4, 0.5) is 11.4 Å². The van der Waals surface area contributed by atoms with Crippen molar-refractivity contribution in [3.63, 3.8) is 0 Å². The molecule has 3 heterocycles. The SMILES string of the molecule is Cc1cccc(NC(=O)COc2ccccc2[C@@H]2c3sc(=O)[nH]c3S[C@@H]3[C@@H]4C[C@@H]([C@@H]5C(=O)N(c6ccc(Br)cc6)C(=O)[C@@H]45)[C@H]23)c1. The van der Waals surface area contributed by atoms with E-state index in [9.17, 15) is 19.2 Å². The van der Waals surface area contributed by atoms with Crippen LogP contribution < -0.4 is 19.8 Å². The molecule has 4 aliphatic rings. The van der Waals surface area contributed by atoms with Gasteiger partial charge < -0.3 is 15.0 Å². The Bertz CT molecular complexity index is 1920. The molecule has 8 rings (SSSR count). The van der Waals surface area contributed by atoms with E-state index >= 15 is 0 Å². The van der Waals surface area contributed by atoms with Crippen LogP contribution in [0.2, 0.25) is 0 Å². The number of rotatable bonds is 6. The highest BCUT2D eigenvalue weighted by Crippen LogP contribution is 2.69. The van der Waals surface area contributed by atoms with E-state index in [4.69, 9.17) is 4.74 Å². The molecule has 228 valence electrons. The minimum Gasteiger partial charge on any atom is -0.483 e. The molecule has 3 fully saturated rings. The standard InChI is InChI=1S/C34H28BrN3O5S2/c1-16-5-4-6-18(13-16)36-24(39)15-43-23-8-3-2-7-20(23)25-26-21-14-22(29(26)44-31-30(25)45-34(42)37-31)28-27(21)32(40)38(33(28)41)19-11-9-17(35)10-12-19/h2-13,21-22,25-29H,14-15H2,1H3,(H,36,39)(H,37,42)/t21-,22-,25+,26-,27+,28+,29-/m1/s1. The van der Waals surface area contributed by atoms with E-state index in [0.717, 1.165) is 31.9 Å². The predicted molar refractivity (Wildman–Crippen MR) is 177 cm³/mol. The fourth-order valence-electron chi connectivity index (χ4n) is 8.14. The Morgan fingerprint density at radius 1 is 1.00 bits per heavy atom. The molecule has 0 unspecified atom stereocenters. The van der Waals surface area contributed by atoms with Gasteiger partial charge in [0.05, 0.1) is 22.5 Å². The van der Waals surface area contributed by atoms with E-state index < -0.39 is 5.92 Å². The maximum absolute atomic E-state index is 14.0. The number of hydrogen-bond donors (Lipinski definition) is 2. The first-order valence-electron chi connectivity index (χ1n) is 14.9. The molecule has 2 aliphatic carbocycles. The highest BCUT2D eigenvalue weighted by Gasteiger charge is 2.69. The maximum Gasteiger partial charge on any atom is 0.305 e. The molecule has 2 saturated carbocycles. The van der Waals surface area contributed by atoms with Crippen LogP contribution in [-0.4, -0.2) is 34.6 Å². The first kappa shape index (κ1) is 28.8. The minimum atomic E-state index is -0.402. The van der Waals surface area contributed by atoms with Crippen molar-refractivity contribution in [2.75, 3.05) is 16.8 Å². The number of nitrogens with zero attached hydrogens (tertiary/aromatic N) is 1. The molecule has 4 aromatic rings. The Kier molecular flexibility index (Phi) is 7.03. The molecule has 2 N–H and O–H groups in total.